The molecule has 1 saturated heterocycles. The third-order valence-electron chi connectivity index (χ3n) is 3.68. The summed E-state index contributed by atoms with van der Waals surface area (Å²) in [6, 6.07) is 6.33. The molecule has 0 radical (unpaired) electrons. The first kappa shape index (κ1) is 17.8. The molecule has 3 rings (SSSR count). The molecule has 0 saturated carbocycles. The lowest BCUT2D eigenvalue weighted by Crippen LogP contribution is -2.42. The number of nitrogens with zero attached hydrogens (tertiary/aromatic N) is 3. The van der Waals surface area contributed by atoms with Crippen LogP contribution in [0, 0.1) is 10.1 Å². The van der Waals surface area contributed by atoms with Crippen molar-refractivity contribution in [1.82, 2.24) is 20.6 Å². The number of alkyl halides is 1. The van der Waals surface area contributed by atoms with Crippen molar-refractivity contribution in [1.29, 1.82) is 0 Å². The van der Waals surface area contributed by atoms with E-state index in [-0.39, 0.29) is 0 Å². The lowest BCUT2D eigenvalue weighted by Gasteiger charge is -2.13. The average molecular weight is 430 g/mol. The van der Waals surface area contributed by atoms with Gasteiger partial charge in [-0.3, -0.25) is 19.6 Å². The first-order valence-corrected chi connectivity index (χ1v) is 8.53. The van der Waals surface area contributed by atoms with Crippen molar-refractivity contribution in [2.24, 2.45) is 0 Å². The van der Waals surface area contributed by atoms with Gasteiger partial charge < -0.3 is 5.32 Å². The number of hydrazine groups is 1. The molecule has 1 aliphatic rings. The van der Waals surface area contributed by atoms with Crippen molar-refractivity contribution < 1.29 is 9.72 Å². The molecule has 0 spiro atoms. The van der Waals surface area contributed by atoms with Crippen LogP contribution in [0.1, 0.15) is 5.56 Å². The standard InChI is InChI=1S/C14H14BrClN6O3/c15-9-5-17-21(7-9)6-8-1-3-10(4-2-8)18-14(23)12-11(16)13(20-19-12)22(24)25/h1-5,7,11-13,19-20H,6H2,(H,18,23). The summed E-state index contributed by atoms with van der Waals surface area (Å²) in [5.41, 5.74) is 6.54. The Morgan fingerprint density at radius 1 is 1.40 bits per heavy atom. The number of anilines is 1. The van der Waals surface area contributed by atoms with E-state index in [1.165, 1.54) is 0 Å². The van der Waals surface area contributed by atoms with Crippen LogP contribution in [-0.2, 0) is 11.3 Å². The predicted molar refractivity (Wildman–Crippen MR) is 94.6 cm³/mol. The number of nitrogens with one attached hydrogen (secondary N) is 3. The van der Waals surface area contributed by atoms with E-state index in [2.05, 4.69) is 37.2 Å². The summed E-state index contributed by atoms with van der Waals surface area (Å²) in [5, 5.41) is 16.7. The molecule has 25 heavy (non-hydrogen) atoms. The van der Waals surface area contributed by atoms with Crippen molar-refractivity contribution in [2.75, 3.05) is 5.32 Å². The zero-order valence-electron chi connectivity index (χ0n) is 12.7. The molecule has 3 atom stereocenters. The zero-order valence-corrected chi connectivity index (χ0v) is 15.1. The molecule has 2 heterocycles. The fourth-order valence-electron chi connectivity index (χ4n) is 2.42. The van der Waals surface area contributed by atoms with Gasteiger partial charge in [0.1, 0.15) is 11.4 Å². The second kappa shape index (κ2) is 7.48. The number of benzene rings is 1. The zero-order chi connectivity index (χ0) is 18.0. The summed E-state index contributed by atoms with van der Waals surface area (Å²) in [4.78, 5) is 22.5. The van der Waals surface area contributed by atoms with Crippen molar-refractivity contribution in [3.63, 3.8) is 0 Å². The lowest BCUT2D eigenvalue weighted by molar-refractivity contribution is -0.525. The lowest BCUT2D eigenvalue weighted by atomic mass is 10.1. The Kier molecular flexibility index (Phi) is 5.33. The largest absolute Gasteiger partial charge is 0.325 e. The first-order valence-electron chi connectivity index (χ1n) is 7.30. The quantitative estimate of drug-likeness (QED) is 0.375. The number of hydrogen-bond donors (Lipinski definition) is 3. The van der Waals surface area contributed by atoms with Gasteiger partial charge in [-0.2, -0.15) is 10.5 Å². The summed E-state index contributed by atoms with van der Waals surface area (Å²) in [6.45, 7) is 0.599. The van der Waals surface area contributed by atoms with E-state index in [9.17, 15) is 14.9 Å². The molecule has 1 aromatic carbocycles. The van der Waals surface area contributed by atoms with Crippen molar-refractivity contribution in [3.05, 3.63) is 56.8 Å². The molecule has 132 valence electrons. The Morgan fingerprint density at radius 3 is 2.68 bits per heavy atom. The van der Waals surface area contributed by atoms with Crippen LogP contribution in [0.25, 0.3) is 0 Å². The van der Waals surface area contributed by atoms with Crippen LogP contribution in [0.5, 0.6) is 0 Å². The summed E-state index contributed by atoms with van der Waals surface area (Å²) in [7, 11) is 0. The van der Waals surface area contributed by atoms with Gasteiger partial charge in [0.15, 0.2) is 0 Å². The number of carbonyl (C=O) groups excluding carboxylic acids is 1. The topological polar surface area (TPSA) is 114 Å². The normalized spacial score (nSPS) is 22.7. The van der Waals surface area contributed by atoms with Crippen molar-refractivity contribution in [2.45, 2.75) is 24.1 Å². The highest BCUT2D eigenvalue weighted by atomic mass is 79.9. The predicted octanol–water partition coefficient (Wildman–Crippen LogP) is 1.32. The maximum Gasteiger partial charge on any atom is 0.296 e. The van der Waals surface area contributed by atoms with E-state index in [1.54, 1.807) is 23.0 Å². The molecule has 3 N–H and O–H groups in total. The third kappa shape index (κ3) is 4.15. The summed E-state index contributed by atoms with van der Waals surface area (Å²) in [6.07, 6.45) is 2.35. The fraction of sp³-hybridized carbons (Fsp3) is 0.286. The number of aromatic nitrogens is 2. The fourth-order valence-corrected chi connectivity index (χ4v) is 3.08. The Balaban J connectivity index is 1.59. The second-order valence-corrected chi connectivity index (χ2v) is 6.90. The van der Waals surface area contributed by atoms with Crippen LogP contribution in [-0.4, -0.2) is 38.2 Å². The van der Waals surface area contributed by atoms with Gasteiger partial charge in [0, 0.05) is 16.8 Å². The minimum atomic E-state index is -1.21. The van der Waals surface area contributed by atoms with Gasteiger partial charge in [0.25, 0.3) is 6.17 Å². The van der Waals surface area contributed by atoms with E-state index >= 15 is 0 Å². The first-order chi connectivity index (χ1) is 11.9. The molecule has 9 nitrogen and oxygen atoms in total. The SMILES string of the molecule is O=C(Nc1ccc(Cn2cc(Br)cn2)cc1)C1NNC([N+](=O)[O-])C1Cl. The highest BCUT2D eigenvalue weighted by Gasteiger charge is 2.45. The monoisotopic (exact) mass is 428 g/mol. The average Bonchev–Trinajstić information content (AvgIpc) is 3.15. The molecule has 1 aromatic heterocycles. The molecule has 1 aliphatic heterocycles. The molecular formula is C14H14BrClN6O3. The van der Waals surface area contributed by atoms with Gasteiger partial charge in [-0.25, -0.2) is 5.43 Å². The molecule has 1 amide bonds. The van der Waals surface area contributed by atoms with Crippen LogP contribution in [0.15, 0.2) is 41.1 Å². The molecule has 2 aromatic rings. The van der Waals surface area contributed by atoms with Gasteiger partial charge in [-0.1, -0.05) is 12.1 Å². The number of carbonyl (C=O) groups is 1. The van der Waals surface area contributed by atoms with Gasteiger partial charge in [0.05, 0.1) is 17.2 Å². The number of amides is 1. The van der Waals surface area contributed by atoms with Crippen molar-refractivity contribution in [3.8, 4) is 0 Å². The Bertz CT molecular complexity index is 783. The number of nitro groups is 1. The highest BCUT2D eigenvalue weighted by Crippen LogP contribution is 2.17. The maximum absolute atomic E-state index is 12.2. The van der Waals surface area contributed by atoms with E-state index in [0.717, 1.165) is 10.0 Å². The Hall–Kier alpha value is -2.01. The summed E-state index contributed by atoms with van der Waals surface area (Å²) < 4.78 is 2.68. The molecule has 11 heteroatoms. The van der Waals surface area contributed by atoms with Gasteiger partial charge in [-0.05, 0) is 33.6 Å². The van der Waals surface area contributed by atoms with Gasteiger partial charge in [-0.15, -0.1) is 11.6 Å². The number of rotatable bonds is 5. The third-order valence-corrected chi connectivity index (χ3v) is 4.58. The Morgan fingerprint density at radius 2 is 2.12 bits per heavy atom. The molecule has 0 aliphatic carbocycles. The molecular weight excluding hydrogens is 416 g/mol. The Labute approximate surface area is 156 Å². The minimum absolute atomic E-state index is 0.444. The number of halogens is 2. The van der Waals surface area contributed by atoms with E-state index in [4.69, 9.17) is 11.6 Å². The van der Waals surface area contributed by atoms with Crippen molar-refractivity contribution >= 4 is 39.1 Å². The van der Waals surface area contributed by atoms with Crippen LogP contribution < -0.4 is 16.2 Å². The summed E-state index contributed by atoms with van der Waals surface area (Å²) >= 11 is 9.32. The molecule has 1 fully saturated rings. The smallest absolute Gasteiger partial charge is 0.296 e. The van der Waals surface area contributed by atoms with Gasteiger partial charge >= 0.3 is 0 Å². The molecule has 3 unspecified atom stereocenters. The van der Waals surface area contributed by atoms with Gasteiger partial charge in [0.2, 0.25) is 5.91 Å². The highest BCUT2D eigenvalue weighted by molar-refractivity contribution is 9.10. The minimum Gasteiger partial charge on any atom is -0.325 e. The van der Waals surface area contributed by atoms with E-state index < -0.39 is 28.4 Å². The second-order valence-electron chi connectivity index (χ2n) is 5.48. The van der Waals surface area contributed by atoms with Crippen LogP contribution in [0.4, 0.5) is 5.69 Å². The maximum atomic E-state index is 12.2. The van der Waals surface area contributed by atoms with Crippen LogP contribution in [0.2, 0.25) is 0 Å². The summed E-state index contributed by atoms with van der Waals surface area (Å²) in [5.74, 6) is -0.444. The van der Waals surface area contributed by atoms with E-state index in [1.807, 2.05) is 18.3 Å². The van der Waals surface area contributed by atoms with Crippen LogP contribution >= 0.6 is 27.5 Å². The number of hydrogen-bond acceptors (Lipinski definition) is 6. The van der Waals surface area contributed by atoms with Crippen LogP contribution in [0.3, 0.4) is 0 Å². The molecule has 0 bridgehead atoms. The van der Waals surface area contributed by atoms with E-state index in [0.29, 0.717) is 12.2 Å².